The van der Waals surface area contributed by atoms with Crippen molar-refractivity contribution in [1.82, 2.24) is 0 Å². The quantitative estimate of drug-likeness (QED) is 0.142. The van der Waals surface area contributed by atoms with Crippen LogP contribution in [0.5, 0.6) is 0 Å². The summed E-state index contributed by atoms with van der Waals surface area (Å²) in [5.41, 5.74) is 51.1. The van der Waals surface area contributed by atoms with E-state index in [0.717, 1.165) is 32.1 Å². The second kappa shape index (κ2) is 25.1. The van der Waals surface area contributed by atoms with Crippen LogP contribution in [0.1, 0.15) is 139 Å². The fourth-order valence-electron chi connectivity index (χ4n) is 17.8. The van der Waals surface area contributed by atoms with Gasteiger partial charge in [0.05, 0.1) is 0 Å². The first-order valence-corrected chi connectivity index (χ1v) is 36.4. The SMILES string of the molecule is Cc1cc2c(c(C)c1C)-c1c(ccc3ccccc13)C2.Cc1cc2c(c(C)c1C)-c1cc3ccccc3cc1C2.Cc1cc2c(c(C)c1C)Cc1c-2ccc2ccccc12.Cc1cc2c(c(C)c1C)Cc1cc3ccccc3cc1-2.Cc1cc2c(c(C)c1C)Cc1ccc3ccccc3c1-2. The van der Waals surface area contributed by atoms with Gasteiger partial charge >= 0.3 is 0 Å². The summed E-state index contributed by atoms with van der Waals surface area (Å²) in [4.78, 5) is 0. The third kappa shape index (κ3) is 10.7. The summed E-state index contributed by atoms with van der Waals surface area (Å²) in [6.45, 7) is 33.7. The van der Waals surface area contributed by atoms with Crippen LogP contribution in [0.4, 0.5) is 0 Å². The molecule has 0 aliphatic heterocycles. The number of fused-ring (bicyclic) bond motifs is 23. The number of benzene rings is 15. The molecule has 0 amide bonds. The average Bonchev–Trinajstić information content (AvgIpc) is 1.61. The zero-order valence-corrected chi connectivity index (χ0v) is 61.2. The van der Waals surface area contributed by atoms with E-state index in [2.05, 4.69) is 316 Å². The molecule has 0 spiro atoms. The lowest BCUT2D eigenvalue weighted by molar-refractivity contribution is 1.17. The van der Waals surface area contributed by atoms with Gasteiger partial charge in [-0.15, -0.1) is 0 Å². The number of rotatable bonds is 0. The van der Waals surface area contributed by atoms with Crippen molar-refractivity contribution in [2.45, 2.75) is 136 Å². The molecule has 5 aliphatic carbocycles. The van der Waals surface area contributed by atoms with Crippen LogP contribution in [-0.4, -0.2) is 0 Å². The molecule has 0 N–H and O–H groups in total. The molecule has 0 saturated carbocycles. The van der Waals surface area contributed by atoms with Crippen LogP contribution in [-0.2, 0) is 32.1 Å². The second-order valence-electron chi connectivity index (χ2n) is 29.9. The summed E-state index contributed by atoms with van der Waals surface area (Å²) in [5.74, 6) is 0. The average molecular weight is 1290 g/mol. The first-order valence-electron chi connectivity index (χ1n) is 36.4. The van der Waals surface area contributed by atoms with Gasteiger partial charge in [0.25, 0.3) is 0 Å². The fourth-order valence-corrected chi connectivity index (χ4v) is 17.8. The van der Waals surface area contributed by atoms with Crippen LogP contribution in [0.3, 0.4) is 0 Å². The van der Waals surface area contributed by atoms with Gasteiger partial charge in [-0.25, -0.2) is 0 Å². The predicted molar refractivity (Wildman–Crippen MR) is 432 cm³/mol. The molecular weight excluding hydrogens is 1200 g/mol. The highest BCUT2D eigenvalue weighted by Crippen LogP contribution is 2.49. The molecule has 100 heavy (non-hydrogen) atoms. The third-order valence-electron chi connectivity index (χ3n) is 24.6. The Kier molecular flexibility index (Phi) is 16.1. The van der Waals surface area contributed by atoms with Crippen molar-refractivity contribution in [1.29, 1.82) is 0 Å². The van der Waals surface area contributed by atoms with Crippen LogP contribution in [0, 0.1) is 104 Å². The number of hydrogen-bond acceptors (Lipinski definition) is 0. The summed E-state index contributed by atoms with van der Waals surface area (Å²) in [6.07, 6.45) is 5.42. The maximum absolute atomic E-state index is 2.38. The first-order chi connectivity index (χ1) is 48.3. The molecule has 0 heteroatoms. The van der Waals surface area contributed by atoms with Gasteiger partial charge in [0.1, 0.15) is 0 Å². The van der Waals surface area contributed by atoms with Gasteiger partial charge in [0, 0.05) is 0 Å². The molecule has 490 valence electrons. The zero-order chi connectivity index (χ0) is 69.3. The molecule has 0 nitrogen and oxygen atoms in total. The van der Waals surface area contributed by atoms with Crippen molar-refractivity contribution in [3.63, 3.8) is 0 Å². The maximum atomic E-state index is 2.38. The molecule has 0 radical (unpaired) electrons. The topological polar surface area (TPSA) is 0 Å². The summed E-state index contributed by atoms with van der Waals surface area (Å²) >= 11 is 0. The molecule has 0 heterocycles. The normalized spacial score (nSPS) is 12.6. The Labute approximate surface area is 593 Å². The van der Waals surface area contributed by atoms with E-state index in [1.807, 2.05) is 0 Å². The highest BCUT2D eigenvalue weighted by molar-refractivity contribution is 6.04. The van der Waals surface area contributed by atoms with Gasteiger partial charge < -0.3 is 0 Å². The monoisotopic (exact) mass is 1290 g/mol. The summed E-state index contributed by atoms with van der Waals surface area (Å²) in [7, 11) is 0. The largest absolute Gasteiger partial charge is 0.0616 e. The minimum atomic E-state index is 1.08. The number of aryl methyl sites for hydroxylation is 5. The second-order valence-corrected chi connectivity index (χ2v) is 29.9. The Balaban J connectivity index is 0.0000000972. The van der Waals surface area contributed by atoms with E-state index in [1.165, 1.54) is 249 Å². The highest BCUT2D eigenvalue weighted by Gasteiger charge is 2.29. The van der Waals surface area contributed by atoms with Crippen LogP contribution < -0.4 is 0 Å². The van der Waals surface area contributed by atoms with E-state index < -0.39 is 0 Å². The lowest BCUT2D eigenvalue weighted by Gasteiger charge is -2.13. The Hall–Kier alpha value is -10.4. The summed E-state index contributed by atoms with van der Waals surface area (Å²) in [5, 5.41) is 13.6. The zero-order valence-electron chi connectivity index (χ0n) is 61.2. The molecule has 20 rings (SSSR count). The third-order valence-corrected chi connectivity index (χ3v) is 24.6. The highest BCUT2D eigenvalue weighted by atomic mass is 14.3. The molecule has 0 unspecified atom stereocenters. The van der Waals surface area contributed by atoms with E-state index in [4.69, 9.17) is 0 Å². The van der Waals surface area contributed by atoms with Crippen LogP contribution in [0.2, 0.25) is 0 Å². The maximum Gasteiger partial charge on any atom is -0.000455 e. The van der Waals surface area contributed by atoms with Crippen LogP contribution in [0.15, 0.2) is 212 Å². The van der Waals surface area contributed by atoms with Gasteiger partial charge in [0.15, 0.2) is 0 Å². The van der Waals surface area contributed by atoms with E-state index in [0.29, 0.717) is 0 Å². The lowest BCUT2D eigenvalue weighted by Crippen LogP contribution is -1.93. The van der Waals surface area contributed by atoms with E-state index in [9.17, 15) is 0 Å². The van der Waals surface area contributed by atoms with Crippen molar-refractivity contribution < 1.29 is 0 Å². The molecule has 15 aromatic carbocycles. The van der Waals surface area contributed by atoms with Crippen molar-refractivity contribution in [3.8, 4) is 55.6 Å². The van der Waals surface area contributed by atoms with Gasteiger partial charge in [-0.2, -0.15) is 0 Å². The Bertz CT molecular complexity index is 5940. The molecular formula is C100H90. The minimum absolute atomic E-state index is 1.08. The Morgan fingerprint density at radius 2 is 0.520 bits per heavy atom. The van der Waals surface area contributed by atoms with Crippen molar-refractivity contribution in [2.75, 3.05) is 0 Å². The summed E-state index contributed by atoms with van der Waals surface area (Å²) < 4.78 is 0. The Morgan fingerprint density at radius 1 is 0.170 bits per heavy atom. The summed E-state index contributed by atoms with van der Waals surface area (Å²) in [6, 6.07) is 78.6. The number of hydrogen-bond donors (Lipinski definition) is 0. The van der Waals surface area contributed by atoms with Gasteiger partial charge in [-0.1, -0.05) is 200 Å². The lowest BCUT2D eigenvalue weighted by atomic mass is 9.91. The van der Waals surface area contributed by atoms with Gasteiger partial charge in [0.2, 0.25) is 0 Å². The molecule has 0 fully saturated rings. The molecule has 0 atom stereocenters. The van der Waals surface area contributed by atoms with Crippen molar-refractivity contribution >= 4 is 53.9 Å². The van der Waals surface area contributed by atoms with Crippen LogP contribution >= 0.6 is 0 Å². The fraction of sp³-hybridized carbons (Fsp3) is 0.200. The predicted octanol–water partition coefficient (Wildman–Crippen LogP) is 26.7. The van der Waals surface area contributed by atoms with Gasteiger partial charge in [-0.05, 0) is 397 Å². The molecule has 0 aromatic heterocycles. The van der Waals surface area contributed by atoms with Gasteiger partial charge in [-0.3, -0.25) is 0 Å². The van der Waals surface area contributed by atoms with E-state index in [-0.39, 0.29) is 0 Å². The van der Waals surface area contributed by atoms with Crippen molar-refractivity contribution in [3.05, 3.63) is 351 Å². The van der Waals surface area contributed by atoms with Crippen LogP contribution in [0.25, 0.3) is 109 Å². The molecule has 15 aromatic rings. The first kappa shape index (κ1) is 64.3. The Morgan fingerprint density at radius 3 is 1.07 bits per heavy atom. The molecule has 0 saturated heterocycles. The van der Waals surface area contributed by atoms with Crippen molar-refractivity contribution in [2.24, 2.45) is 0 Å². The minimum Gasteiger partial charge on any atom is -0.0616 e. The molecule has 0 bridgehead atoms. The van der Waals surface area contributed by atoms with E-state index >= 15 is 0 Å². The standard InChI is InChI=1S/5C20H18/c1-12-8-18-10-17-9-15-6-4-5-7-16(15)11-19(17)20(18)14(3)13(12)2;1-12-8-20-18(14(3)13(12)2)11-17-9-15-6-4-5-7-16(15)10-19(17)20;1-12-10-17-11-16-9-8-15-6-4-5-7-18(15)20(16)19(17)14(3)13(12)2;1-12-10-19-18(14(3)13(12)2)11-16-9-8-15-6-4-5-7-17(15)20(16)19;1-12-10-19-17-9-8-15-6-4-5-7-16(15)20(17)11-18(19)14(3)13(12)2/h4-9,11H,10H2,1-3H3;4*4-10H,11H2,1-3H3. The molecule has 5 aliphatic rings. The van der Waals surface area contributed by atoms with E-state index in [1.54, 1.807) is 0 Å². The smallest absolute Gasteiger partial charge is 0.000455 e.